The van der Waals surface area contributed by atoms with Gasteiger partial charge in [0.2, 0.25) is 11.8 Å². The Bertz CT molecular complexity index is 859. The van der Waals surface area contributed by atoms with Gasteiger partial charge in [-0.05, 0) is 49.1 Å². The Morgan fingerprint density at radius 2 is 1.88 bits per heavy atom. The quantitative estimate of drug-likeness (QED) is 0.846. The van der Waals surface area contributed by atoms with Gasteiger partial charge in [0.1, 0.15) is 0 Å². The summed E-state index contributed by atoms with van der Waals surface area (Å²) < 4.78 is 0. The van der Waals surface area contributed by atoms with Gasteiger partial charge in [0.25, 0.3) is 0 Å². The maximum atomic E-state index is 13.0. The number of benzene rings is 2. The molecular formula is C21H22N2O2. The predicted molar refractivity (Wildman–Crippen MR) is 98.9 cm³/mol. The molecule has 2 aromatic carbocycles. The summed E-state index contributed by atoms with van der Waals surface area (Å²) in [4.78, 5) is 29.2. The van der Waals surface area contributed by atoms with Crippen LogP contribution in [-0.4, -0.2) is 24.9 Å². The van der Waals surface area contributed by atoms with Crippen molar-refractivity contribution in [1.82, 2.24) is 0 Å². The molecule has 4 rings (SSSR count). The van der Waals surface area contributed by atoms with Gasteiger partial charge in [-0.15, -0.1) is 0 Å². The number of hydrogen-bond acceptors (Lipinski definition) is 2. The van der Waals surface area contributed by atoms with E-state index in [2.05, 4.69) is 6.07 Å². The van der Waals surface area contributed by atoms with Crippen molar-refractivity contribution in [2.45, 2.75) is 26.7 Å². The van der Waals surface area contributed by atoms with Gasteiger partial charge in [0.05, 0.1) is 5.92 Å². The minimum Gasteiger partial charge on any atom is -0.312 e. The molecule has 128 valence electrons. The van der Waals surface area contributed by atoms with Gasteiger partial charge < -0.3 is 9.80 Å². The third-order valence-electron chi connectivity index (χ3n) is 5.28. The van der Waals surface area contributed by atoms with E-state index in [0.29, 0.717) is 19.5 Å². The van der Waals surface area contributed by atoms with Gasteiger partial charge in [-0.1, -0.05) is 30.3 Å². The number of anilines is 2. The number of aryl methyl sites for hydroxylation is 2. The molecule has 1 fully saturated rings. The van der Waals surface area contributed by atoms with E-state index in [1.165, 1.54) is 5.56 Å². The van der Waals surface area contributed by atoms with Crippen molar-refractivity contribution >= 4 is 23.2 Å². The summed E-state index contributed by atoms with van der Waals surface area (Å²) in [5.74, 6) is -0.149. The lowest BCUT2D eigenvalue weighted by Crippen LogP contribution is -2.36. The summed E-state index contributed by atoms with van der Waals surface area (Å²) in [5.41, 5.74) is 5.34. The van der Waals surface area contributed by atoms with Gasteiger partial charge in [0.15, 0.2) is 0 Å². The summed E-state index contributed by atoms with van der Waals surface area (Å²) in [5, 5.41) is 0. The van der Waals surface area contributed by atoms with Crippen LogP contribution in [0.5, 0.6) is 0 Å². The van der Waals surface area contributed by atoms with Crippen LogP contribution in [0.15, 0.2) is 42.5 Å². The third-order valence-corrected chi connectivity index (χ3v) is 5.28. The molecule has 2 aliphatic heterocycles. The molecule has 1 unspecified atom stereocenters. The van der Waals surface area contributed by atoms with Crippen LogP contribution >= 0.6 is 0 Å². The third kappa shape index (κ3) is 2.72. The first-order valence-electron chi connectivity index (χ1n) is 8.81. The predicted octanol–water partition coefficient (Wildman–Crippen LogP) is 3.25. The van der Waals surface area contributed by atoms with E-state index >= 15 is 0 Å². The van der Waals surface area contributed by atoms with Crippen LogP contribution in [0.4, 0.5) is 11.4 Å². The normalized spacial score (nSPS) is 19.4. The van der Waals surface area contributed by atoms with Crippen molar-refractivity contribution in [3.63, 3.8) is 0 Å². The first-order valence-corrected chi connectivity index (χ1v) is 8.81. The van der Waals surface area contributed by atoms with Gasteiger partial charge in [-0.3, -0.25) is 9.59 Å². The van der Waals surface area contributed by atoms with Crippen molar-refractivity contribution in [1.29, 1.82) is 0 Å². The molecule has 4 heteroatoms. The van der Waals surface area contributed by atoms with Gasteiger partial charge in [-0.2, -0.15) is 0 Å². The smallest absolute Gasteiger partial charge is 0.232 e. The topological polar surface area (TPSA) is 40.6 Å². The second kappa shape index (κ2) is 6.03. The van der Waals surface area contributed by atoms with Crippen LogP contribution < -0.4 is 9.80 Å². The van der Waals surface area contributed by atoms with Gasteiger partial charge in [-0.25, -0.2) is 0 Å². The molecule has 1 saturated heterocycles. The first-order chi connectivity index (χ1) is 12.0. The van der Waals surface area contributed by atoms with Crippen LogP contribution in [0.1, 0.15) is 23.1 Å². The zero-order chi connectivity index (χ0) is 17.6. The minimum atomic E-state index is -0.265. The average Bonchev–Trinajstić information content (AvgIpc) is 3.20. The molecule has 4 nitrogen and oxygen atoms in total. The lowest BCUT2D eigenvalue weighted by Gasteiger charge is -2.22. The lowest BCUT2D eigenvalue weighted by molar-refractivity contribution is -0.124. The Morgan fingerprint density at radius 3 is 2.72 bits per heavy atom. The Balaban J connectivity index is 1.57. The second-order valence-corrected chi connectivity index (χ2v) is 7.06. The monoisotopic (exact) mass is 334 g/mol. The van der Waals surface area contributed by atoms with Gasteiger partial charge in [0, 0.05) is 30.9 Å². The van der Waals surface area contributed by atoms with Crippen LogP contribution in [0.3, 0.4) is 0 Å². The molecule has 2 heterocycles. The molecule has 2 aromatic rings. The van der Waals surface area contributed by atoms with Crippen LogP contribution in [-0.2, 0) is 16.0 Å². The number of hydrogen-bond donors (Lipinski definition) is 0. The maximum absolute atomic E-state index is 13.0. The highest BCUT2D eigenvalue weighted by Gasteiger charge is 2.39. The summed E-state index contributed by atoms with van der Waals surface area (Å²) in [7, 11) is 0. The minimum absolute atomic E-state index is 0.0412. The maximum Gasteiger partial charge on any atom is 0.232 e. The fourth-order valence-corrected chi connectivity index (χ4v) is 3.90. The lowest BCUT2D eigenvalue weighted by atomic mass is 10.1. The fourth-order valence-electron chi connectivity index (χ4n) is 3.90. The van der Waals surface area contributed by atoms with E-state index in [1.807, 2.05) is 55.1 Å². The van der Waals surface area contributed by atoms with E-state index in [1.54, 1.807) is 4.90 Å². The molecule has 0 saturated carbocycles. The standard InChI is InChI=1S/C21H22N2O2/c1-14-7-8-15(2)19(11-14)23-13-17(12-20(23)24)21(25)22-10-9-16-5-3-4-6-18(16)22/h3-8,11,17H,9-10,12-13H2,1-2H3. The number of carbonyl (C=O) groups excluding carboxylic acids is 2. The average molecular weight is 334 g/mol. The van der Waals surface area contributed by atoms with Crippen LogP contribution in [0.2, 0.25) is 0 Å². The molecule has 2 aliphatic rings. The molecule has 0 aromatic heterocycles. The zero-order valence-corrected chi connectivity index (χ0v) is 14.7. The summed E-state index contributed by atoms with van der Waals surface area (Å²) >= 11 is 0. The molecule has 2 amide bonds. The number of fused-ring (bicyclic) bond motifs is 1. The number of rotatable bonds is 2. The van der Waals surface area contributed by atoms with Crippen LogP contribution in [0.25, 0.3) is 0 Å². The first kappa shape index (κ1) is 15.9. The van der Waals surface area contributed by atoms with Crippen LogP contribution in [0, 0.1) is 19.8 Å². The van der Waals surface area contributed by atoms with E-state index in [-0.39, 0.29) is 17.7 Å². The Labute approximate surface area is 148 Å². The van der Waals surface area contributed by atoms with E-state index in [0.717, 1.165) is 28.9 Å². The van der Waals surface area contributed by atoms with Crippen molar-refractivity contribution < 1.29 is 9.59 Å². The fraction of sp³-hybridized carbons (Fsp3) is 0.333. The highest BCUT2D eigenvalue weighted by Crippen LogP contribution is 2.33. The largest absolute Gasteiger partial charge is 0.312 e. The molecule has 0 aliphatic carbocycles. The number of amides is 2. The van der Waals surface area contributed by atoms with Crippen molar-refractivity contribution in [3.05, 3.63) is 59.2 Å². The highest BCUT2D eigenvalue weighted by atomic mass is 16.2. The van der Waals surface area contributed by atoms with E-state index in [9.17, 15) is 9.59 Å². The number of nitrogens with zero attached hydrogens (tertiary/aromatic N) is 2. The van der Waals surface area contributed by atoms with Crippen molar-refractivity contribution in [2.24, 2.45) is 5.92 Å². The number of carbonyl (C=O) groups is 2. The Kier molecular flexibility index (Phi) is 3.83. The molecule has 0 spiro atoms. The van der Waals surface area contributed by atoms with Crippen molar-refractivity contribution in [2.75, 3.05) is 22.9 Å². The Hall–Kier alpha value is -2.62. The Morgan fingerprint density at radius 1 is 1.08 bits per heavy atom. The summed E-state index contributed by atoms with van der Waals surface area (Å²) in [6, 6.07) is 14.2. The molecule has 0 radical (unpaired) electrons. The molecular weight excluding hydrogens is 312 g/mol. The summed E-state index contributed by atoms with van der Waals surface area (Å²) in [6.07, 6.45) is 1.19. The number of para-hydroxylation sites is 1. The SMILES string of the molecule is Cc1ccc(C)c(N2CC(C(=O)N3CCc4ccccc43)CC2=O)c1. The highest BCUT2D eigenvalue weighted by molar-refractivity contribution is 6.05. The van der Waals surface area contributed by atoms with E-state index < -0.39 is 0 Å². The molecule has 1 atom stereocenters. The van der Waals surface area contributed by atoms with E-state index in [4.69, 9.17) is 0 Å². The zero-order valence-electron chi connectivity index (χ0n) is 14.7. The van der Waals surface area contributed by atoms with Gasteiger partial charge >= 0.3 is 0 Å². The molecule has 0 bridgehead atoms. The van der Waals surface area contributed by atoms with Crippen molar-refractivity contribution in [3.8, 4) is 0 Å². The molecule has 0 N–H and O–H groups in total. The summed E-state index contributed by atoms with van der Waals surface area (Å²) in [6.45, 7) is 5.22. The molecule has 25 heavy (non-hydrogen) atoms. The second-order valence-electron chi connectivity index (χ2n) is 7.06.